The number of piperidine rings is 1. The van der Waals surface area contributed by atoms with Crippen LogP contribution in [0.5, 0.6) is 0 Å². The maximum atomic E-state index is 14.1. The summed E-state index contributed by atoms with van der Waals surface area (Å²) in [6, 6.07) is 8.36. The number of methoxy groups -OCH3 is 2. The molecule has 1 aromatic rings. The van der Waals surface area contributed by atoms with Gasteiger partial charge < -0.3 is 29.0 Å². The number of hydrogen-bond donors (Lipinski definition) is 1. The van der Waals surface area contributed by atoms with E-state index in [-0.39, 0.29) is 24.2 Å². The number of carbonyl (C=O) groups is 4. The molecule has 0 bridgehead atoms. The molecule has 10 heteroatoms. The second kappa shape index (κ2) is 18.2. The van der Waals surface area contributed by atoms with E-state index in [1.165, 1.54) is 12.0 Å². The summed E-state index contributed by atoms with van der Waals surface area (Å²) in [6.45, 7) is 9.60. The van der Waals surface area contributed by atoms with Crippen LogP contribution < -0.4 is 0 Å². The lowest BCUT2D eigenvalue weighted by Crippen LogP contribution is -2.59. The Morgan fingerprint density at radius 3 is 2.34 bits per heavy atom. The minimum Gasteiger partial charge on any atom is -0.456 e. The van der Waals surface area contributed by atoms with Crippen LogP contribution in [0.1, 0.15) is 78.4 Å². The number of aliphatic hydroxyl groups excluding tert-OH is 1. The van der Waals surface area contributed by atoms with Crippen molar-refractivity contribution < 1.29 is 43.2 Å². The molecule has 2 aliphatic heterocycles. The number of nitrogens with zero attached hydrogens (tertiary/aromatic N) is 1. The fraction of sp³-hybridized carbons (Fsp3) is 0.600. The quantitative estimate of drug-likeness (QED) is 0.283. The fourth-order valence-corrected chi connectivity index (χ4v) is 7.63. The van der Waals surface area contributed by atoms with Crippen molar-refractivity contribution in [3.63, 3.8) is 0 Å². The van der Waals surface area contributed by atoms with Crippen molar-refractivity contribution in [1.82, 2.24) is 4.90 Å². The van der Waals surface area contributed by atoms with Gasteiger partial charge in [0, 0.05) is 32.6 Å². The predicted octanol–water partition coefficient (Wildman–Crippen LogP) is 5.35. The Bertz CT molecular complexity index is 1420. The lowest BCUT2D eigenvalue weighted by atomic mass is 9.75. The Labute approximate surface area is 296 Å². The number of benzene rings is 1. The van der Waals surface area contributed by atoms with Gasteiger partial charge >= 0.3 is 5.97 Å². The number of hydrogen-bond acceptors (Lipinski definition) is 9. The molecule has 11 atom stereocenters. The molecule has 274 valence electrons. The van der Waals surface area contributed by atoms with Gasteiger partial charge in [-0.2, -0.15) is 0 Å². The number of esters is 1. The summed E-state index contributed by atoms with van der Waals surface area (Å²) in [4.78, 5) is 56.8. The zero-order valence-electron chi connectivity index (χ0n) is 30.5. The number of amides is 1. The summed E-state index contributed by atoms with van der Waals surface area (Å²) in [7, 11) is 3.04. The normalized spacial score (nSPS) is 35.6. The molecule has 1 N–H and O–H groups in total. The van der Waals surface area contributed by atoms with Crippen LogP contribution in [0.3, 0.4) is 0 Å². The average molecular weight is 694 g/mol. The molecular formula is C40H55NO9. The van der Waals surface area contributed by atoms with Crippen molar-refractivity contribution in [2.24, 2.45) is 23.7 Å². The number of ether oxygens (including phenoxy) is 4. The van der Waals surface area contributed by atoms with E-state index in [1.807, 2.05) is 68.5 Å². The molecule has 4 rings (SSSR count). The zero-order valence-corrected chi connectivity index (χ0v) is 30.5. The molecule has 2 saturated heterocycles. The molecular weight excluding hydrogens is 638 g/mol. The van der Waals surface area contributed by atoms with E-state index in [4.69, 9.17) is 18.9 Å². The SMILES string of the molecule is COC1C(=O)[C@H](C)C[C@@H](C)\C=C/C=C/C=C(/C)[C@H](OC)C1[C@@H]1CC(C)[C@@H](O)[C@H](C(=O)C(=O)N2CCCCC2C(=O)OC(C)c2ccccc2)O1. The maximum absolute atomic E-state index is 14.1. The molecule has 0 spiro atoms. The molecule has 5 unspecified atom stereocenters. The Morgan fingerprint density at radius 2 is 1.66 bits per heavy atom. The molecule has 0 radical (unpaired) electrons. The van der Waals surface area contributed by atoms with Gasteiger partial charge in [-0.3, -0.25) is 14.4 Å². The number of carbonyl (C=O) groups excluding carboxylic acids is 4. The van der Waals surface area contributed by atoms with E-state index in [9.17, 15) is 24.3 Å². The topological polar surface area (TPSA) is 129 Å². The van der Waals surface area contributed by atoms with E-state index in [2.05, 4.69) is 13.0 Å². The van der Waals surface area contributed by atoms with E-state index < -0.39 is 72.2 Å². The molecule has 2 fully saturated rings. The first-order valence-corrected chi connectivity index (χ1v) is 17.9. The van der Waals surface area contributed by atoms with Gasteiger partial charge in [-0.05, 0) is 68.9 Å². The molecule has 1 amide bonds. The molecule has 0 saturated carbocycles. The van der Waals surface area contributed by atoms with E-state index in [1.54, 1.807) is 21.0 Å². The molecule has 2 heterocycles. The second-order valence-corrected chi connectivity index (χ2v) is 14.2. The third kappa shape index (κ3) is 9.26. The van der Waals surface area contributed by atoms with Gasteiger partial charge in [-0.25, -0.2) is 4.79 Å². The molecule has 3 aliphatic rings. The highest BCUT2D eigenvalue weighted by Gasteiger charge is 2.51. The van der Waals surface area contributed by atoms with Gasteiger partial charge in [0.05, 0.1) is 18.3 Å². The first-order chi connectivity index (χ1) is 23.9. The fourth-order valence-electron chi connectivity index (χ4n) is 7.63. The third-order valence-corrected chi connectivity index (χ3v) is 10.5. The number of aliphatic hydroxyl groups is 1. The van der Waals surface area contributed by atoms with Gasteiger partial charge in [0.15, 0.2) is 11.9 Å². The first kappa shape index (κ1) is 39.3. The summed E-state index contributed by atoms with van der Waals surface area (Å²) in [6.07, 6.45) is 6.63. The van der Waals surface area contributed by atoms with Crippen LogP contribution >= 0.6 is 0 Å². The summed E-state index contributed by atoms with van der Waals surface area (Å²) in [5.41, 5.74) is 1.63. The molecule has 0 aromatic heterocycles. The second-order valence-electron chi connectivity index (χ2n) is 14.2. The van der Waals surface area contributed by atoms with Gasteiger partial charge in [0.2, 0.25) is 0 Å². The van der Waals surface area contributed by atoms with E-state index in [0.29, 0.717) is 32.1 Å². The van der Waals surface area contributed by atoms with Crippen molar-refractivity contribution in [1.29, 1.82) is 0 Å². The van der Waals surface area contributed by atoms with E-state index in [0.717, 1.165) is 11.1 Å². The van der Waals surface area contributed by atoms with E-state index >= 15 is 0 Å². The predicted molar refractivity (Wildman–Crippen MR) is 189 cm³/mol. The summed E-state index contributed by atoms with van der Waals surface area (Å²) in [5.74, 6) is -3.90. The van der Waals surface area contributed by atoms with Gasteiger partial charge in [0.1, 0.15) is 18.2 Å². The minimum atomic E-state index is -1.52. The Kier molecular flexibility index (Phi) is 14.3. The summed E-state index contributed by atoms with van der Waals surface area (Å²) < 4.78 is 24.2. The van der Waals surface area contributed by atoms with Crippen LogP contribution in [0.25, 0.3) is 0 Å². The van der Waals surface area contributed by atoms with Crippen molar-refractivity contribution >= 4 is 23.4 Å². The van der Waals surface area contributed by atoms with Crippen LogP contribution in [0.4, 0.5) is 0 Å². The maximum Gasteiger partial charge on any atom is 0.329 e. The Hall–Kier alpha value is -3.44. The largest absolute Gasteiger partial charge is 0.456 e. The van der Waals surface area contributed by atoms with Gasteiger partial charge in [-0.1, -0.05) is 81.5 Å². The summed E-state index contributed by atoms with van der Waals surface area (Å²) in [5, 5.41) is 11.3. The number of likely N-dealkylation sites (tertiary alicyclic amines) is 1. The molecule has 1 aromatic carbocycles. The van der Waals surface area contributed by atoms with Gasteiger partial charge in [0.25, 0.3) is 11.7 Å². The number of rotatable bonds is 8. The van der Waals surface area contributed by atoms with Gasteiger partial charge in [-0.15, -0.1) is 0 Å². The number of ketones is 2. The highest BCUT2D eigenvalue weighted by atomic mass is 16.5. The number of Topliss-reactive ketones (excluding diaryl/α,β-unsaturated/α-hetero) is 2. The lowest BCUT2D eigenvalue weighted by Gasteiger charge is -2.45. The van der Waals surface area contributed by atoms with Crippen LogP contribution in [0, 0.1) is 23.7 Å². The Balaban J connectivity index is 1.62. The van der Waals surface area contributed by atoms with Crippen LogP contribution in [-0.4, -0.2) is 90.8 Å². The smallest absolute Gasteiger partial charge is 0.329 e. The molecule has 10 nitrogen and oxygen atoms in total. The van der Waals surface area contributed by atoms with Crippen LogP contribution in [0.2, 0.25) is 0 Å². The van der Waals surface area contributed by atoms with Crippen molar-refractivity contribution in [2.75, 3.05) is 20.8 Å². The van der Waals surface area contributed by atoms with Crippen molar-refractivity contribution in [3.05, 3.63) is 71.8 Å². The average Bonchev–Trinajstić information content (AvgIpc) is 3.12. The standard InChI is InChI=1S/C40H55NO9/c1-24-16-10-8-11-17-25(2)36(47-6)32(37(48-7)33(42)26(3)22-24)31-23-27(4)34(43)38(50-31)35(44)39(45)41-21-15-14-20-30(41)40(46)49-28(5)29-18-12-9-13-19-29/h8-13,16-19,24,26-28,30-32,34,36-38,43H,14-15,20-23H2,1-7H3/b11-8+,16-10-,25-17-/t24-,26+,27?,28?,30?,31-,32?,34+,36-,37?,38+/m0/s1. The van der Waals surface area contributed by atoms with Crippen molar-refractivity contribution in [3.8, 4) is 0 Å². The Morgan fingerprint density at radius 1 is 0.960 bits per heavy atom. The lowest BCUT2D eigenvalue weighted by molar-refractivity contribution is -0.195. The highest BCUT2D eigenvalue weighted by molar-refractivity contribution is 6.38. The van der Waals surface area contributed by atoms with Crippen LogP contribution in [-0.2, 0) is 38.1 Å². The van der Waals surface area contributed by atoms with Crippen molar-refractivity contribution in [2.45, 2.75) is 109 Å². The third-order valence-electron chi connectivity index (χ3n) is 10.5. The highest BCUT2D eigenvalue weighted by Crippen LogP contribution is 2.38. The van der Waals surface area contributed by atoms with Crippen LogP contribution in [0.15, 0.2) is 66.3 Å². The minimum absolute atomic E-state index is 0.111. The molecule has 1 aliphatic carbocycles. The monoisotopic (exact) mass is 693 g/mol. The molecule has 50 heavy (non-hydrogen) atoms. The first-order valence-electron chi connectivity index (χ1n) is 17.9. The zero-order chi connectivity index (χ0) is 36.5. The summed E-state index contributed by atoms with van der Waals surface area (Å²) >= 11 is 0. The number of allylic oxidation sites excluding steroid dienone is 5.